The number of allylic oxidation sites excluding steroid dienone is 1. The third kappa shape index (κ3) is 3.40. The Labute approximate surface area is 75.5 Å². The molecule has 0 aromatic heterocycles. The zero-order valence-corrected chi connectivity index (χ0v) is 8.43. The van der Waals surface area contributed by atoms with Crippen molar-refractivity contribution in [3.63, 3.8) is 0 Å². The Balaban J connectivity index is 2.29. The van der Waals surface area contributed by atoms with Crippen LogP contribution < -0.4 is 0 Å². The van der Waals surface area contributed by atoms with Crippen molar-refractivity contribution < 1.29 is 5.11 Å². The average molecular weight is 168 g/mol. The van der Waals surface area contributed by atoms with E-state index >= 15 is 0 Å². The van der Waals surface area contributed by atoms with Crippen LogP contribution in [0.3, 0.4) is 0 Å². The quantitative estimate of drug-likeness (QED) is 0.629. The number of rotatable bonds is 2. The van der Waals surface area contributed by atoms with Crippen molar-refractivity contribution in [1.82, 2.24) is 0 Å². The largest absolute Gasteiger partial charge is 0.389 e. The highest BCUT2D eigenvalue weighted by molar-refractivity contribution is 5.11. The Morgan fingerprint density at radius 3 is 2.58 bits per heavy atom. The molecule has 0 saturated carbocycles. The van der Waals surface area contributed by atoms with E-state index < -0.39 is 0 Å². The first kappa shape index (κ1) is 9.79. The van der Waals surface area contributed by atoms with E-state index in [1.54, 1.807) is 0 Å². The lowest BCUT2D eigenvalue weighted by molar-refractivity contribution is 0.223. The zero-order valence-electron chi connectivity index (χ0n) is 8.43. The lowest BCUT2D eigenvalue weighted by Gasteiger charge is -2.17. The van der Waals surface area contributed by atoms with Crippen LogP contribution in [-0.2, 0) is 0 Å². The highest BCUT2D eigenvalue weighted by Crippen LogP contribution is 2.28. The molecule has 0 aromatic rings. The second-order valence-electron chi connectivity index (χ2n) is 4.99. The van der Waals surface area contributed by atoms with Gasteiger partial charge in [-0.3, -0.25) is 0 Å². The van der Waals surface area contributed by atoms with Gasteiger partial charge in [-0.15, -0.1) is 0 Å². The van der Waals surface area contributed by atoms with Crippen LogP contribution in [0.5, 0.6) is 0 Å². The molecule has 0 fully saturated rings. The van der Waals surface area contributed by atoms with Gasteiger partial charge in [-0.2, -0.15) is 0 Å². The molecule has 0 saturated heterocycles. The van der Waals surface area contributed by atoms with Crippen LogP contribution in [0.4, 0.5) is 0 Å². The molecule has 1 atom stereocenters. The van der Waals surface area contributed by atoms with Crippen molar-refractivity contribution >= 4 is 0 Å². The zero-order chi connectivity index (χ0) is 9.19. The summed E-state index contributed by atoms with van der Waals surface area (Å²) < 4.78 is 0. The molecule has 12 heavy (non-hydrogen) atoms. The van der Waals surface area contributed by atoms with Crippen molar-refractivity contribution in [3.05, 3.63) is 11.6 Å². The summed E-state index contributed by atoms with van der Waals surface area (Å²) >= 11 is 0. The maximum absolute atomic E-state index is 9.25. The molecule has 0 amide bonds. The van der Waals surface area contributed by atoms with Gasteiger partial charge in [0.1, 0.15) is 0 Å². The number of aliphatic hydroxyl groups is 1. The van der Waals surface area contributed by atoms with Crippen LogP contribution in [0.15, 0.2) is 11.6 Å². The van der Waals surface area contributed by atoms with Crippen LogP contribution >= 0.6 is 0 Å². The Morgan fingerprint density at radius 2 is 2.17 bits per heavy atom. The number of aliphatic hydroxyl groups excluding tert-OH is 1. The van der Waals surface area contributed by atoms with Gasteiger partial charge in [0.25, 0.3) is 0 Å². The average Bonchev–Trinajstić information content (AvgIpc) is 2.30. The van der Waals surface area contributed by atoms with Gasteiger partial charge < -0.3 is 5.11 Å². The van der Waals surface area contributed by atoms with Crippen molar-refractivity contribution in [1.29, 1.82) is 0 Å². The van der Waals surface area contributed by atoms with E-state index in [1.165, 1.54) is 18.4 Å². The summed E-state index contributed by atoms with van der Waals surface area (Å²) in [5.74, 6) is 0. The van der Waals surface area contributed by atoms with Gasteiger partial charge in [0, 0.05) is 0 Å². The fraction of sp³-hybridized carbons (Fsp3) is 0.818. The van der Waals surface area contributed by atoms with Crippen LogP contribution in [0.1, 0.15) is 46.5 Å². The maximum Gasteiger partial charge on any atom is 0.0726 e. The summed E-state index contributed by atoms with van der Waals surface area (Å²) in [5, 5.41) is 9.25. The van der Waals surface area contributed by atoms with Crippen molar-refractivity contribution in [3.8, 4) is 0 Å². The lowest BCUT2D eigenvalue weighted by Crippen LogP contribution is -2.04. The molecular weight excluding hydrogens is 148 g/mol. The molecule has 1 aliphatic carbocycles. The smallest absolute Gasteiger partial charge is 0.0726 e. The third-order valence-electron chi connectivity index (χ3n) is 2.39. The molecule has 1 aliphatic rings. The minimum Gasteiger partial charge on any atom is -0.389 e. The predicted molar refractivity (Wildman–Crippen MR) is 52.0 cm³/mol. The van der Waals surface area contributed by atoms with E-state index in [0.717, 1.165) is 12.8 Å². The van der Waals surface area contributed by atoms with E-state index in [9.17, 15) is 5.11 Å². The minimum absolute atomic E-state index is 0.153. The molecule has 0 aliphatic heterocycles. The minimum atomic E-state index is -0.153. The number of hydrogen-bond acceptors (Lipinski definition) is 1. The molecule has 0 spiro atoms. The van der Waals surface area contributed by atoms with Crippen LogP contribution in [0.25, 0.3) is 0 Å². The molecule has 1 rings (SSSR count). The molecule has 0 bridgehead atoms. The number of hydrogen-bond donors (Lipinski definition) is 1. The normalized spacial score (nSPS) is 24.3. The van der Waals surface area contributed by atoms with Gasteiger partial charge in [-0.25, -0.2) is 0 Å². The van der Waals surface area contributed by atoms with Gasteiger partial charge in [0.05, 0.1) is 6.10 Å². The summed E-state index contributed by atoms with van der Waals surface area (Å²) in [6.45, 7) is 6.79. The summed E-state index contributed by atoms with van der Waals surface area (Å²) in [6, 6.07) is 0. The molecule has 1 unspecified atom stereocenters. The lowest BCUT2D eigenvalue weighted by atomic mass is 9.88. The molecule has 0 aromatic carbocycles. The molecule has 1 nitrogen and oxygen atoms in total. The molecule has 0 heterocycles. The van der Waals surface area contributed by atoms with E-state index in [1.807, 2.05) is 6.08 Å². The first-order valence-corrected chi connectivity index (χ1v) is 4.85. The molecular formula is C11H20O. The van der Waals surface area contributed by atoms with Crippen LogP contribution in [0, 0.1) is 5.41 Å². The topological polar surface area (TPSA) is 20.2 Å². The van der Waals surface area contributed by atoms with E-state index in [2.05, 4.69) is 20.8 Å². The van der Waals surface area contributed by atoms with E-state index in [4.69, 9.17) is 0 Å². The van der Waals surface area contributed by atoms with Gasteiger partial charge in [-0.05, 0) is 31.1 Å². The highest BCUT2D eigenvalue weighted by atomic mass is 16.3. The molecule has 1 N–H and O–H groups in total. The van der Waals surface area contributed by atoms with Crippen LogP contribution in [0.2, 0.25) is 0 Å². The van der Waals surface area contributed by atoms with Gasteiger partial charge in [-0.1, -0.05) is 32.4 Å². The van der Waals surface area contributed by atoms with Crippen LogP contribution in [-0.4, -0.2) is 11.2 Å². The first-order chi connectivity index (χ1) is 5.47. The van der Waals surface area contributed by atoms with Crippen molar-refractivity contribution in [2.24, 2.45) is 5.41 Å². The summed E-state index contributed by atoms with van der Waals surface area (Å²) in [7, 11) is 0. The van der Waals surface area contributed by atoms with Gasteiger partial charge in [0.15, 0.2) is 0 Å². The van der Waals surface area contributed by atoms with E-state index in [0.29, 0.717) is 5.41 Å². The second kappa shape index (κ2) is 3.61. The molecule has 0 radical (unpaired) electrons. The fourth-order valence-corrected chi connectivity index (χ4v) is 1.52. The van der Waals surface area contributed by atoms with Crippen molar-refractivity contribution in [2.45, 2.75) is 52.6 Å². The highest BCUT2D eigenvalue weighted by Gasteiger charge is 2.15. The summed E-state index contributed by atoms with van der Waals surface area (Å²) in [6.07, 6.45) is 6.33. The standard InChI is InChI=1S/C11H20O/c1-11(2,3)7-6-9-4-5-10(12)8-9/h8,10,12H,4-7H2,1-3H3. The first-order valence-electron chi connectivity index (χ1n) is 4.85. The Kier molecular flexibility index (Phi) is 2.94. The Hall–Kier alpha value is -0.300. The molecule has 70 valence electrons. The second-order valence-corrected chi connectivity index (χ2v) is 4.99. The summed E-state index contributed by atoms with van der Waals surface area (Å²) in [5.41, 5.74) is 1.88. The fourth-order valence-electron chi connectivity index (χ4n) is 1.52. The SMILES string of the molecule is CC(C)(C)CCC1=CC(O)CC1. The predicted octanol–water partition coefficient (Wildman–Crippen LogP) is 2.89. The monoisotopic (exact) mass is 168 g/mol. The third-order valence-corrected chi connectivity index (χ3v) is 2.39. The molecule has 1 heteroatoms. The van der Waals surface area contributed by atoms with Gasteiger partial charge >= 0.3 is 0 Å². The van der Waals surface area contributed by atoms with E-state index in [-0.39, 0.29) is 6.10 Å². The van der Waals surface area contributed by atoms with Crippen molar-refractivity contribution in [2.75, 3.05) is 0 Å². The van der Waals surface area contributed by atoms with Gasteiger partial charge in [0.2, 0.25) is 0 Å². The summed E-state index contributed by atoms with van der Waals surface area (Å²) in [4.78, 5) is 0. The Morgan fingerprint density at radius 1 is 1.50 bits per heavy atom. The Bertz CT molecular complexity index is 174. The maximum atomic E-state index is 9.25.